The van der Waals surface area contributed by atoms with Crippen LogP contribution < -0.4 is 4.90 Å². The third-order valence-electron chi connectivity index (χ3n) is 5.60. The molecule has 2 unspecified atom stereocenters. The van der Waals surface area contributed by atoms with E-state index in [1.165, 1.54) is 16.5 Å². The summed E-state index contributed by atoms with van der Waals surface area (Å²) < 4.78 is 5.12. The monoisotopic (exact) mass is 346 g/mol. The third-order valence-corrected chi connectivity index (χ3v) is 5.60. The minimum atomic E-state index is -0.478. The van der Waals surface area contributed by atoms with Gasteiger partial charge in [-0.2, -0.15) is 5.26 Å². The number of rotatable bonds is 3. The van der Waals surface area contributed by atoms with E-state index in [4.69, 9.17) is 4.74 Å². The molecule has 4 heteroatoms. The Balaban J connectivity index is 1.75. The van der Waals surface area contributed by atoms with Crippen LogP contribution in [-0.2, 0) is 9.53 Å². The molecule has 0 aliphatic carbocycles. The summed E-state index contributed by atoms with van der Waals surface area (Å²) in [6.07, 6.45) is 3.87. The number of hydrogen-bond acceptors (Lipinski definition) is 4. The molecule has 2 aromatic rings. The van der Waals surface area contributed by atoms with E-state index in [0.717, 1.165) is 31.3 Å². The lowest BCUT2D eigenvalue weighted by Gasteiger charge is -2.39. The fraction of sp³-hybridized carbons (Fsp3) is 0.364. The molecule has 0 spiro atoms. The number of esters is 1. The molecule has 2 heterocycles. The lowest BCUT2D eigenvalue weighted by molar-refractivity contribution is -0.138. The predicted molar refractivity (Wildman–Crippen MR) is 102 cm³/mol. The van der Waals surface area contributed by atoms with Crippen molar-refractivity contribution in [3.8, 4) is 6.07 Å². The predicted octanol–water partition coefficient (Wildman–Crippen LogP) is 4.35. The van der Waals surface area contributed by atoms with Gasteiger partial charge in [-0.15, -0.1) is 0 Å². The van der Waals surface area contributed by atoms with E-state index < -0.39 is 5.97 Å². The Morgan fingerprint density at radius 1 is 1.19 bits per heavy atom. The number of hydrogen-bond donors (Lipinski definition) is 0. The van der Waals surface area contributed by atoms with Crippen molar-refractivity contribution in [3.63, 3.8) is 0 Å². The standard InChI is InChI=1S/C22H22N2O2/c1-2-26-22(25)20(14-23)19-11-9-17-10-12-21(19)24(17)18-8-7-15-5-3-4-6-16(15)13-18/h3-8,13,17,21H,2,9-12H2,1H3. The van der Waals surface area contributed by atoms with Crippen LogP contribution in [0.1, 0.15) is 32.6 Å². The normalized spacial score (nSPS) is 23.6. The summed E-state index contributed by atoms with van der Waals surface area (Å²) in [5.74, 6) is -0.478. The van der Waals surface area contributed by atoms with Crippen molar-refractivity contribution in [2.45, 2.75) is 44.7 Å². The van der Waals surface area contributed by atoms with Crippen LogP contribution in [0.4, 0.5) is 5.69 Å². The summed E-state index contributed by atoms with van der Waals surface area (Å²) in [4.78, 5) is 14.7. The number of anilines is 1. The van der Waals surface area contributed by atoms with Crippen LogP contribution >= 0.6 is 0 Å². The molecular weight excluding hydrogens is 324 g/mol. The van der Waals surface area contributed by atoms with Crippen molar-refractivity contribution in [1.29, 1.82) is 5.26 Å². The van der Waals surface area contributed by atoms with Gasteiger partial charge in [0, 0.05) is 11.7 Å². The Morgan fingerprint density at radius 3 is 2.77 bits per heavy atom. The van der Waals surface area contributed by atoms with Gasteiger partial charge in [0.25, 0.3) is 0 Å². The quantitative estimate of drug-likeness (QED) is 0.471. The van der Waals surface area contributed by atoms with Crippen LogP contribution in [-0.4, -0.2) is 24.7 Å². The highest BCUT2D eigenvalue weighted by molar-refractivity contribution is 5.94. The summed E-state index contributed by atoms with van der Waals surface area (Å²) in [7, 11) is 0. The minimum absolute atomic E-state index is 0.119. The summed E-state index contributed by atoms with van der Waals surface area (Å²) in [6.45, 7) is 2.06. The molecule has 2 aliphatic rings. The Hall–Kier alpha value is -2.80. The van der Waals surface area contributed by atoms with Crippen molar-refractivity contribution < 1.29 is 9.53 Å². The van der Waals surface area contributed by atoms with E-state index in [0.29, 0.717) is 12.6 Å². The van der Waals surface area contributed by atoms with Crippen LogP contribution in [0.15, 0.2) is 53.6 Å². The van der Waals surface area contributed by atoms with Gasteiger partial charge in [-0.3, -0.25) is 0 Å². The van der Waals surface area contributed by atoms with Gasteiger partial charge in [0.05, 0.1) is 12.6 Å². The number of fused-ring (bicyclic) bond motifs is 3. The number of nitrogens with zero attached hydrogens (tertiary/aromatic N) is 2. The highest BCUT2D eigenvalue weighted by Gasteiger charge is 2.41. The maximum Gasteiger partial charge on any atom is 0.348 e. The van der Waals surface area contributed by atoms with Gasteiger partial charge in [-0.25, -0.2) is 4.79 Å². The zero-order valence-corrected chi connectivity index (χ0v) is 14.9. The van der Waals surface area contributed by atoms with Crippen molar-refractivity contribution in [2.24, 2.45) is 0 Å². The lowest BCUT2D eigenvalue weighted by Crippen LogP contribution is -2.42. The van der Waals surface area contributed by atoms with Gasteiger partial charge in [-0.05, 0) is 61.1 Å². The van der Waals surface area contributed by atoms with E-state index in [9.17, 15) is 10.1 Å². The van der Waals surface area contributed by atoms with Crippen LogP contribution in [0.2, 0.25) is 0 Å². The second kappa shape index (κ2) is 6.84. The second-order valence-corrected chi connectivity index (χ2v) is 6.96. The number of nitriles is 1. The highest BCUT2D eigenvalue weighted by atomic mass is 16.5. The zero-order chi connectivity index (χ0) is 18.1. The molecule has 2 saturated heterocycles. The molecule has 2 aromatic carbocycles. The van der Waals surface area contributed by atoms with Crippen LogP contribution in [0.3, 0.4) is 0 Å². The van der Waals surface area contributed by atoms with Gasteiger partial charge >= 0.3 is 5.97 Å². The van der Waals surface area contributed by atoms with Crippen molar-refractivity contribution in [2.75, 3.05) is 11.5 Å². The smallest absolute Gasteiger partial charge is 0.348 e. The first-order valence-corrected chi connectivity index (χ1v) is 9.30. The first kappa shape index (κ1) is 16.7. The van der Waals surface area contributed by atoms with Crippen LogP contribution in [0, 0.1) is 11.3 Å². The molecule has 2 bridgehead atoms. The highest BCUT2D eigenvalue weighted by Crippen LogP contribution is 2.43. The average molecular weight is 346 g/mol. The number of benzene rings is 2. The van der Waals surface area contributed by atoms with Crippen molar-refractivity contribution in [1.82, 2.24) is 0 Å². The Labute approximate surface area is 153 Å². The Kier molecular flexibility index (Phi) is 4.38. The van der Waals surface area contributed by atoms with Crippen molar-refractivity contribution in [3.05, 3.63) is 53.6 Å². The van der Waals surface area contributed by atoms with E-state index in [1.54, 1.807) is 6.92 Å². The molecular formula is C22H22N2O2. The molecule has 2 aliphatic heterocycles. The summed E-state index contributed by atoms with van der Waals surface area (Å²) in [5, 5.41) is 12.0. The van der Waals surface area contributed by atoms with Gasteiger partial charge in [0.15, 0.2) is 0 Å². The van der Waals surface area contributed by atoms with E-state index >= 15 is 0 Å². The lowest BCUT2D eigenvalue weighted by atomic mass is 9.91. The van der Waals surface area contributed by atoms with Crippen molar-refractivity contribution >= 4 is 22.4 Å². The molecule has 0 saturated carbocycles. The zero-order valence-electron chi connectivity index (χ0n) is 14.9. The van der Waals surface area contributed by atoms with E-state index in [1.807, 2.05) is 6.07 Å². The topological polar surface area (TPSA) is 53.3 Å². The fourth-order valence-electron chi connectivity index (χ4n) is 4.47. The number of ether oxygens (including phenoxy) is 1. The molecule has 132 valence electrons. The van der Waals surface area contributed by atoms with Gasteiger partial charge < -0.3 is 9.64 Å². The van der Waals surface area contributed by atoms with Gasteiger partial charge in [0.1, 0.15) is 11.6 Å². The van der Waals surface area contributed by atoms with Crippen LogP contribution in [0.25, 0.3) is 10.8 Å². The molecule has 0 radical (unpaired) electrons. The first-order chi connectivity index (χ1) is 12.7. The molecule has 0 aromatic heterocycles. The molecule has 0 amide bonds. The SMILES string of the molecule is CCOC(=O)C(C#N)=C1CCC2CCC1N2c1ccc2ccccc2c1. The molecule has 2 atom stereocenters. The Bertz CT molecular complexity index is 925. The summed E-state index contributed by atoms with van der Waals surface area (Å²) in [5.41, 5.74) is 2.34. The number of carbonyl (C=O) groups is 1. The molecule has 2 fully saturated rings. The number of piperidine rings is 1. The first-order valence-electron chi connectivity index (χ1n) is 9.30. The largest absolute Gasteiger partial charge is 0.462 e. The average Bonchev–Trinajstić information content (AvgIpc) is 2.97. The number of carbonyl (C=O) groups excluding carboxylic acids is 1. The maximum absolute atomic E-state index is 12.2. The molecule has 26 heavy (non-hydrogen) atoms. The van der Waals surface area contributed by atoms with Gasteiger partial charge in [-0.1, -0.05) is 30.3 Å². The summed E-state index contributed by atoms with van der Waals surface area (Å²) in [6, 6.07) is 17.6. The summed E-state index contributed by atoms with van der Waals surface area (Å²) >= 11 is 0. The minimum Gasteiger partial charge on any atom is -0.462 e. The Morgan fingerprint density at radius 2 is 2.00 bits per heavy atom. The second-order valence-electron chi connectivity index (χ2n) is 6.96. The molecule has 4 rings (SSSR count). The fourth-order valence-corrected chi connectivity index (χ4v) is 4.47. The van der Waals surface area contributed by atoms with E-state index in [-0.39, 0.29) is 11.6 Å². The van der Waals surface area contributed by atoms with E-state index in [2.05, 4.69) is 47.4 Å². The third kappa shape index (κ3) is 2.74. The maximum atomic E-state index is 12.2. The molecule has 0 N–H and O–H groups in total. The molecule has 4 nitrogen and oxygen atoms in total. The van der Waals surface area contributed by atoms with Gasteiger partial charge in [0.2, 0.25) is 0 Å². The van der Waals surface area contributed by atoms with Crippen LogP contribution in [0.5, 0.6) is 0 Å².